The number of rotatable bonds is 6. The molecule has 1 atom stereocenters. The summed E-state index contributed by atoms with van der Waals surface area (Å²) in [6, 6.07) is 6.46. The maximum absolute atomic E-state index is 8.66. The van der Waals surface area contributed by atoms with E-state index in [-0.39, 0.29) is 12.0 Å². The number of nitrogens with one attached hydrogen (secondary N) is 1. The van der Waals surface area contributed by atoms with Crippen LogP contribution in [0.3, 0.4) is 0 Å². The van der Waals surface area contributed by atoms with E-state index in [0.717, 1.165) is 18.0 Å². The first-order valence-electron chi connectivity index (χ1n) is 6.75. The average molecular weight is 284 g/mol. The molecule has 0 radical (unpaired) electrons. The summed E-state index contributed by atoms with van der Waals surface area (Å²) in [5, 5.41) is 13.0. The highest BCUT2D eigenvalue weighted by molar-refractivity contribution is 6.30. The van der Waals surface area contributed by atoms with Gasteiger partial charge in [0, 0.05) is 17.6 Å². The van der Waals surface area contributed by atoms with E-state index >= 15 is 0 Å². The van der Waals surface area contributed by atoms with E-state index in [1.807, 2.05) is 6.07 Å². The summed E-state index contributed by atoms with van der Waals surface area (Å²) >= 11 is 6.10. The van der Waals surface area contributed by atoms with Crippen molar-refractivity contribution in [2.24, 2.45) is 5.41 Å². The molecule has 106 valence electrons. The molecule has 1 aliphatic rings. The third kappa shape index (κ3) is 3.48. The second-order valence-electron chi connectivity index (χ2n) is 5.73. The Balaban J connectivity index is 2.00. The summed E-state index contributed by atoms with van der Waals surface area (Å²) in [5.74, 6) is 0. The van der Waals surface area contributed by atoms with E-state index in [2.05, 4.69) is 31.3 Å². The molecule has 0 bridgehead atoms. The molecule has 0 saturated heterocycles. The Labute approximate surface area is 119 Å². The standard InChI is InChI=1S/C15H22ClNO2/c1-15(2)10-11-3-4-12(16)9-13(11)14(15)17-5-7-19-8-6-18/h3-4,9,14,17-18H,5-8,10H2,1-2H3. The van der Waals surface area contributed by atoms with Gasteiger partial charge in [0.15, 0.2) is 0 Å². The Bertz CT molecular complexity index is 434. The molecule has 3 nitrogen and oxygen atoms in total. The smallest absolute Gasteiger partial charge is 0.0698 e. The molecule has 0 aromatic heterocycles. The van der Waals surface area contributed by atoms with Crippen LogP contribution in [0.1, 0.15) is 31.0 Å². The van der Waals surface area contributed by atoms with Crippen molar-refractivity contribution in [2.45, 2.75) is 26.3 Å². The lowest BCUT2D eigenvalue weighted by molar-refractivity contribution is 0.0898. The molecule has 0 aliphatic heterocycles. The van der Waals surface area contributed by atoms with E-state index < -0.39 is 0 Å². The lowest BCUT2D eigenvalue weighted by atomic mass is 9.85. The van der Waals surface area contributed by atoms with E-state index in [4.69, 9.17) is 21.4 Å². The van der Waals surface area contributed by atoms with Crippen LogP contribution in [0.4, 0.5) is 0 Å². The number of aliphatic hydroxyl groups excluding tert-OH is 1. The van der Waals surface area contributed by atoms with Gasteiger partial charge in [0.05, 0.1) is 19.8 Å². The molecule has 2 rings (SSSR count). The molecule has 0 spiro atoms. The van der Waals surface area contributed by atoms with Crippen molar-refractivity contribution in [3.05, 3.63) is 34.3 Å². The first kappa shape index (κ1) is 14.8. The number of fused-ring (bicyclic) bond motifs is 1. The highest BCUT2D eigenvalue weighted by Gasteiger charge is 2.38. The summed E-state index contributed by atoms with van der Waals surface area (Å²) in [6.45, 7) is 6.41. The molecule has 1 aliphatic carbocycles. The van der Waals surface area contributed by atoms with Gasteiger partial charge in [-0.3, -0.25) is 0 Å². The van der Waals surface area contributed by atoms with E-state index in [9.17, 15) is 0 Å². The van der Waals surface area contributed by atoms with Gasteiger partial charge in [-0.2, -0.15) is 0 Å². The summed E-state index contributed by atoms with van der Waals surface area (Å²) in [5.41, 5.74) is 2.87. The Morgan fingerprint density at radius 1 is 1.42 bits per heavy atom. The van der Waals surface area contributed by atoms with E-state index in [1.54, 1.807) is 0 Å². The zero-order valence-corrected chi connectivity index (χ0v) is 12.3. The minimum absolute atomic E-state index is 0.0767. The second-order valence-corrected chi connectivity index (χ2v) is 6.17. The second kappa shape index (κ2) is 6.23. The lowest BCUT2D eigenvalue weighted by Crippen LogP contribution is -2.33. The van der Waals surface area contributed by atoms with Crippen LogP contribution >= 0.6 is 11.6 Å². The maximum atomic E-state index is 8.66. The third-order valence-corrected chi connectivity index (χ3v) is 3.91. The molecule has 1 aromatic rings. The van der Waals surface area contributed by atoms with Gasteiger partial charge in [-0.1, -0.05) is 31.5 Å². The maximum Gasteiger partial charge on any atom is 0.0698 e. The van der Waals surface area contributed by atoms with Gasteiger partial charge in [-0.05, 0) is 35.1 Å². The van der Waals surface area contributed by atoms with Crippen LogP contribution in [0.15, 0.2) is 18.2 Å². The van der Waals surface area contributed by atoms with Gasteiger partial charge in [0.25, 0.3) is 0 Å². The molecule has 0 fully saturated rings. The van der Waals surface area contributed by atoms with Gasteiger partial charge in [-0.25, -0.2) is 0 Å². The topological polar surface area (TPSA) is 41.5 Å². The first-order chi connectivity index (χ1) is 9.04. The monoisotopic (exact) mass is 283 g/mol. The molecule has 4 heteroatoms. The van der Waals surface area contributed by atoms with Crippen molar-refractivity contribution in [1.82, 2.24) is 5.32 Å². The Morgan fingerprint density at radius 3 is 2.95 bits per heavy atom. The largest absolute Gasteiger partial charge is 0.394 e. The van der Waals surface area contributed by atoms with Crippen molar-refractivity contribution in [2.75, 3.05) is 26.4 Å². The zero-order chi connectivity index (χ0) is 13.9. The van der Waals surface area contributed by atoms with E-state index in [1.165, 1.54) is 11.1 Å². The third-order valence-electron chi connectivity index (χ3n) is 3.68. The molecule has 19 heavy (non-hydrogen) atoms. The van der Waals surface area contributed by atoms with Crippen molar-refractivity contribution >= 4 is 11.6 Å². The molecule has 0 amide bonds. The Hall–Kier alpha value is -0.610. The number of benzene rings is 1. The Kier molecular flexibility index (Phi) is 4.85. The molecule has 0 heterocycles. The van der Waals surface area contributed by atoms with Crippen molar-refractivity contribution in [3.63, 3.8) is 0 Å². The van der Waals surface area contributed by atoms with Crippen LogP contribution in [0.2, 0.25) is 5.02 Å². The Morgan fingerprint density at radius 2 is 2.21 bits per heavy atom. The average Bonchev–Trinajstić information content (AvgIpc) is 2.60. The zero-order valence-electron chi connectivity index (χ0n) is 11.6. The normalized spacial score (nSPS) is 20.5. The predicted octanol–water partition coefficient (Wildman–Crippen LogP) is 2.56. The fraction of sp³-hybridized carbons (Fsp3) is 0.600. The fourth-order valence-electron chi connectivity index (χ4n) is 2.84. The van der Waals surface area contributed by atoms with Crippen LogP contribution in [-0.4, -0.2) is 31.5 Å². The van der Waals surface area contributed by atoms with E-state index in [0.29, 0.717) is 19.3 Å². The van der Waals surface area contributed by atoms with Crippen LogP contribution in [0.5, 0.6) is 0 Å². The quantitative estimate of drug-likeness (QED) is 0.789. The SMILES string of the molecule is CC1(C)Cc2ccc(Cl)cc2C1NCCOCCO. The summed E-state index contributed by atoms with van der Waals surface area (Å²) < 4.78 is 5.28. The van der Waals surface area contributed by atoms with Crippen molar-refractivity contribution in [3.8, 4) is 0 Å². The summed E-state index contributed by atoms with van der Waals surface area (Å²) in [4.78, 5) is 0. The number of halogens is 1. The van der Waals surface area contributed by atoms with Crippen molar-refractivity contribution in [1.29, 1.82) is 0 Å². The van der Waals surface area contributed by atoms with Crippen LogP contribution in [-0.2, 0) is 11.2 Å². The van der Waals surface area contributed by atoms with Gasteiger partial charge in [-0.15, -0.1) is 0 Å². The lowest BCUT2D eigenvalue weighted by Gasteiger charge is -2.28. The first-order valence-corrected chi connectivity index (χ1v) is 7.13. The number of hydrogen-bond donors (Lipinski definition) is 2. The van der Waals surface area contributed by atoms with Gasteiger partial charge in [0.2, 0.25) is 0 Å². The molecule has 0 saturated carbocycles. The van der Waals surface area contributed by atoms with Crippen LogP contribution in [0, 0.1) is 5.41 Å². The molecule has 2 N–H and O–H groups in total. The highest BCUT2D eigenvalue weighted by Crippen LogP contribution is 2.45. The van der Waals surface area contributed by atoms with Crippen LogP contribution in [0.25, 0.3) is 0 Å². The minimum atomic E-state index is 0.0767. The van der Waals surface area contributed by atoms with Gasteiger partial charge < -0.3 is 15.2 Å². The van der Waals surface area contributed by atoms with Gasteiger partial charge in [0.1, 0.15) is 0 Å². The number of ether oxygens (including phenoxy) is 1. The predicted molar refractivity (Wildman–Crippen MR) is 77.6 cm³/mol. The van der Waals surface area contributed by atoms with Gasteiger partial charge >= 0.3 is 0 Å². The summed E-state index contributed by atoms with van der Waals surface area (Å²) in [6.07, 6.45) is 1.06. The van der Waals surface area contributed by atoms with Crippen molar-refractivity contribution < 1.29 is 9.84 Å². The van der Waals surface area contributed by atoms with Crippen LogP contribution < -0.4 is 5.32 Å². The molecule has 1 unspecified atom stereocenters. The molecule has 1 aromatic carbocycles. The number of hydrogen-bond acceptors (Lipinski definition) is 3. The minimum Gasteiger partial charge on any atom is -0.394 e. The number of aliphatic hydroxyl groups is 1. The highest BCUT2D eigenvalue weighted by atomic mass is 35.5. The molecular formula is C15H22ClNO2. The fourth-order valence-corrected chi connectivity index (χ4v) is 3.02. The summed E-state index contributed by atoms with van der Waals surface area (Å²) in [7, 11) is 0. The molecular weight excluding hydrogens is 262 g/mol.